The average Bonchev–Trinajstić information content (AvgIpc) is 2.36. The molecule has 18 heavy (non-hydrogen) atoms. The number of carbonyl (C=O) groups is 1. The van der Waals surface area contributed by atoms with Crippen molar-refractivity contribution in [2.75, 3.05) is 6.54 Å². The van der Waals surface area contributed by atoms with Gasteiger partial charge in [0.2, 0.25) is 6.43 Å². The zero-order valence-electron chi connectivity index (χ0n) is 9.81. The van der Waals surface area contributed by atoms with E-state index in [1.165, 1.54) is 0 Å². The maximum Gasteiger partial charge on any atom is 0.407 e. The van der Waals surface area contributed by atoms with Gasteiger partial charge in [-0.05, 0) is 5.56 Å². The Morgan fingerprint density at radius 2 is 2.00 bits per heavy atom. The predicted molar refractivity (Wildman–Crippen MR) is 63.2 cm³/mol. The van der Waals surface area contributed by atoms with Gasteiger partial charge in [0.25, 0.3) is 0 Å². The number of alkyl halides is 2. The highest BCUT2D eigenvalue weighted by molar-refractivity contribution is 5.67. The smallest absolute Gasteiger partial charge is 0.407 e. The van der Waals surface area contributed by atoms with Crippen LogP contribution < -0.4 is 11.1 Å². The second-order valence-corrected chi connectivity index (χ2v) is 3.77. The monoisotopic (exact) mass is 258 g/mol. The summed E-state index contributed by atoms with van der Waals surface area (Å²) in [6.45, 7) is 0.0451. The Balaban J connectivity index is 2.32. The van der Waals surface area contributed by atoms with Crippen LogP contribution in [0, 0.1) is 0 Å². The van der Waals surface area contributed by atoms with Crippen molar-refractivity contribution in [1.82, 2.24) is 5.32 Å². The molecule has 0 spiro atoms. The standard InChI is InChI=1S/C12H16F2N2O2/c13-11(14)6-10(7-15)16-12(17)18-8-9-4-2-1-3-5-9/h1-5,10-11H,6-8,15H2,(H,16,17)/t10-/m0/s1. The van der Waals surface area contributed by atoms with Gasteiger partial charge < -0.3 is 15.8 Å². The number of carbonyl (C=O) groups excluding carboxylic acids is 1. The van der Waals surface area contributed by atoms with Gasteiger partial charge in [0.15, 0.2) is 0 Å². The molecular weight excluding hydrogens is 242 g/mol. The number of nitrogens with two attached hydrogens (primary N) is 1. The summed E-state index contributed by atoms with van der Waals surface area (Å²) < 4.78 is 29.1. The Kier molecular flexibility index (Phi) is 6.07. The van der Waals surface area contributed by atoms with E-state index in [1.807, 2.05) is 18.2 Å². The van der Waals surface area contributed by atoms with E-state index >= 15 is 0 Å². The van der Waals surface area contributed by atoms with Crippen molar-refractivity contribution in [3.05, 3.63) is 35.9 Å². The van der Waals surface area contributed by atoms with Crippen molar-refractivity contribution in [1.29, 1.82) is 0 Å². The molecule has 0 aliphatic rings. The first-order valence-corrected chi connectivity index (χ1v) is 5.57. The largest absolute Gasteiger partial charge is 0.445 e. The molecule has 1 aromatic rings. The van der Waals surface area contributed by atoms with Crippen LogP contribution in [0.15, 0.2) is 30.3 Å². The highest BCUT2D eigenvalue weighted by atomic mass is 19.3. The first-order valence-electron chi connectivity index (χ1n) is 5.57. The molecule has 0 bridgehead atoms. The quantitative estimate of drug-likeness (QED) is 0.819. The zero-order chi connectivity index (χ0) is 13.4. The molecule has 100 valence electrons. The number of rotatable bonds is 6. The lowest BCUT2D eigenvalue weighted by Gasteiger charge is -2.16. The third-order valence-corrected chi connectivity index (χ3v) is 2.28. The van der Waals surface area contributed by atoms with Gasteiger partial charge >= 0.3 is 6.09 Å². The summed E-state index contributed by atoms with van der Waals surface area (Å²) in [6, 6.07) is 8.30. The number of halogens is 2. The van der Waals surface area contributed by atoms with Gasteiger partial charge in [-0.3, -0.25) is 0 Å². The van der Waals surface area contributed by atoms with E-state index in [0.717, 1.165) is 5.56 Å². The molecule has 0 radical (unpaired) electrons. The van der Waals surface area contributed by atoms with Crippen LogP contribution in [0.5, 0.6) is 0 Å². The van der Waals surface area contributed by atoms with Gasteiger partial charge in [-0.15, -0.1) is 0 Å². The molecule has 0 unspecified atom stereocenters. The van der Waals surface area contributed by atoms with E-state index in [4.69, 9.17) is 10.5 Å². The van der Waals surface area contributed by atoms with Crippen molar-refractivity contribution in [3.8, 4) is 0 Å². The lowest BCUT2D eigenvalue weighted by atomic mass is 10.2. The molecule has 1 aromatic carbocycles. The molecule has 4 nitrogen and oxygen atoms in total. The van der Waals surface area contributed by atoms with Gasteiger partial charge in [-0.25, -0.2) is 13.6 Å². The third kappa shape index (κ3) is 5.58. The predicted octanol–water partition coefficient (Wildman–Crippen LogP) is 1.90. The lowest BCUT2D eigenvalue weighted by Crippen LogP contribution is -2.41. The maximum absolute atomic E-state index is 12.1. The average molecular weight is 258 g/mol. The third-order valence-electron chi connectivity index (χ3n) is 2.28. The normalized spacial score (nSPS) is 12.2. The second-order valence-electron chi connectivity index (χ2n) is 3.77. The highest BCUT2D eigenvalue weighted by Gasteiger charge is 2.16. The molecule has 6 heteroatoms. The van der Waals surface area contributed by atoms with Gasteiger partial charge in [-0.2, -0.15) is 0 Å². The zero-order valence-corrected chi connectivity index (χ0v) is 9.81. The fourth-order valence-corrected chi connectivity index (χ4v) is 1.36. The van der Waals surface area contributed by atoms with Crippen molar-refractivity contribution >= 4 is 6.09 Å². The van der Waals surface area contributed by atoms with Crippen LogP contribution in [0.2, 0.25) is 0 Å². The Labute approximate surface area is 104 Å². The molecule has 0 aliphatic carbocycles. The van der Waals surface area contributed by atoms with Crippen LogP contribution in [0.1, 0.15) is 12.0 Å². The first kappa shape index (κ1) is 14.4. The summed E-state index contributed by atoms with van der Waals surface area (Å²) in [7, 11) is 0. The summed E-state index contributed by atoms with van der Waals surface area (Å²) in [5.74, 6) is 0. The molecular formula is C12H16F2N2O2. The number of amides is 1. The van der Waals surface area contributed by atoms with E-state index in [2.05, 4.69) is 5.32 Å². The second kappa shape index (κ2) is 7.60. The van der Waals surface area contributed by atoms with E-state index in [9.17, 15) is 13.6 Å². The van der Waals surface area contributed by atoms with Crippen LogP contribution in [0.25, 0.3) is 0 Å². The summed E-state index contributed by atoms with van der Waals surface area (Å²) in [4.78, 5) is 11.3. The van der Waals surface area contributed by atoms with Gasteiger partial charge in [0.05, 0.1) is 0 Å². The molecule has 0 aromatic heterocycles. The van der Waals surface area contributed by atoms with Crippen LogP contribution in [0.3, 0.4) is 0 Å². The fourth-order valence-electron chi connectivity index (χ4n) is 1.36. The highest BCUT2D eigenvalue weighted by Crippen LogP contribution is 2.04. The Morgan fingerprint density at radius 3 is 2.56 bits per heavy atom. The van der Waals surface area contributed by atoms with E-state index in [1.54, 1.807) is 12.1 Å². The molecule has 0 saturated carbocycles. The molecule has 0 heterocycles. The van der Waals surface area contributed by atoms with Crippen LogP contribution in [-0.4, -0.2) is 25.1 Å². The fraction of sp³-hybridized carbons (Fsp3) is 0.417. The van der Waals surface area contributed by atoms with E-state index in [0.29, 0.717) is 0 Å². The minimum absolute atomic E-state index is 0.0508. The first-order chi connectivity index (χ1) is 8.61. The number of nitrogens with one attached hydrogen (secondary N) is 1. The summed E-state index contributed by atoms with van der Waals surface area (Å²) in [5.41, 5.74) is 6.10. The minimum atomic E-state index is -2.51. The number of ether oxygens (including phenoxy) is 1. The summed E-state index contributed by atoms with van der Waals surface area (Å²) in [5, 5.41) is 2.30. The van der Waals surface area contributed by atoms with Gasteiger partial charge in [0.1, 0.15) is 6.61 Å². The minimum Gasteiger partial charge on any atom is -0.445 e. The molecule has 0 saturated heterocycles. The van der Waals surface area contributed by atoms with Crippen LogP contribution >= 0.6 is 0 Å². The number of alkyl carbamates (subject to hydrolysis) is 1. The molecule has 3 N–H and O–H groups in total. The molecule has 0 aliphatic heterocycles. The van der Waals surface area contributed by atoms with E-state index in [-0.39, 0.29) is 13.2 Å². The Bertz CT molecular complexity index is 360. The van der Waals surface area contributed by atoms with Crippen LogP contribution in [0.4, 0.5) is 13.6 Å². The van der Waals surface area contributed by atoms with Crippen molar-refractivity contribution in [2.45, 2.75) is 25.5 Å². The summed E-state index contributed by atoms with van der Waals surface area (Å²) >= 11 is 0. The maximum atomic E-state index is 12.1. The number of hydrogen-bond donors (Lipinski definition) is 2. The topological polar surface area (TPSA) is 64.3 Å². The number of hydrogen-bond acceptors (Lipinski definition) is 3. The van der Waals surface area contributed by atoms with Gasteiger partial charge in [-0.1, -0.05) is 30.3 Å². The number of benzene rings is 1. The van der Waals surface area contributed by atoms with Crippen molar-refractivity contribution < 1.29 is 18.3 Å². The van der Waals surface area contributed by atoms with Gasteiger partial charge in [0, 0.05) is 19.0 Å². The Morgan fingerprint density at radius 1 is 1.33 bits per heavy atom. The SMILES string of the molecule is NC[C@H](CC(F)F)NC(=O)OCc1ccccc1. The van der Waals surface area contributed by atoms with Crippen molar-refractivity contribution in [3.63, 3.8) is 0 Å². The molecule has 1 atom stereocenters. The summed E-state index contributed by atoms with van der Waals surface area (Å²) in [6.07, 6.45) is -3.72. The Hall–Kier alpha value is -1.69. The molecule has 0 fully saturated rings. The molecule has 1 amide bonds. The van der Waals surface area contributed by atoms with E-state index < -0.39 is 25.0 Å². The lowest BCUT2D eigenvalue weighted by molar-refractivity contribution is 0.110. The molecule has 1 rings (SSSR count). The van der Waals surface area contributed by atoms with Crippen LogP contribution in [-0.2, 0) is 11.3 Å². The van der Waals surface area contributed by atoms with Crippen molar-refractivity contribution in [2.24, 2.45) is 5.73 Å².